The van der Waals surface area contributed by atoms with E-state index in [4.69, 9.17) is 4.52 Å². The minimum atomic E-state index is -0.378. The lowest BCUT2D eigenvalue weighted by atomic mass is 10.1. The standard InChI is InChI=1S/C19H14N4O2S2/c24-17(15-11-16(25-23-15)14-9-5-2-6-10-14)20-18-21-22-19(27-18)26-12-13-7-3-1-4-8-13/h1-11H,12H2,(H,20,21,24). The lowest BCUT2D eigenvalue weighted by Crippen LogP contribution is -2.11. The molecule has 2 aromatic heterocycles. The van der Waals surface area contributed by atoms with Crippen molar-refractivity contribution in [2.75, 3.05) is 5.32 Å². The highest BCUT2D eigenvalue weighted by molar-refractivity contribution is 8.00. The molecule has 0 aliphatic rings. The van der Waals surface area contributed by atoms with Crippen molar-refractivity contribution in [3.05, 3.63) is 78.0 Å². The third-order valence-corrected chi connectivity index (χ3v) is 5.68. The quantitative estimate of drug-likeness (QED) is 0.376. The zero-order chi connectivity index (χ0) is 18.5. The Kier molecular flexibility index (Phi) is 5.27. The van der Waals surface area contributed by atoms with E-state index in [1.165, 1.54) is 16.9 Å². The summed E-state index contributed by atoms with van der Waals surface area (Å²) in [5, 5.41) is 15.1. The summed E-state index contributed by atoms with van der Waals surface area (Å²) in [5.41, 5.74) is 2.27. The third-order valence-electron chi connectivity index (χ3n) is 3.63. The number of nitrogens with zero attached hydrogens (tertiary/aromatic N) is 3. The molecule has 0 aliphatic heterocycles. The van der Waals surface area contributed by atoms with Crippen LogP contribution in [0, 0.1) is 0 Å². The van der Waals surface area contributed by atoms with Crippen LogP contribution in [0.1, 0.15) is 16.1 Å². The second kappa shape index (κ2) is 8.15. The van der Waals surface area contributed by atoms with Crippen LogP contribution in [0.25, 0.3) is 11.3 Å². The molecule has 1 amide bonds. The molecule has 134 valence electrons. The molecule has 2 heterocycles. The summed E-state index contributed by atoms with van der Waals surface area (Å²) < 4.78 is 6.05. The van der Waals surface area contributed by atoms with Crippen molar-refractivity contribution in [1.29, 1.82) is 0 Å². The van der Waals surface area contributed by atoms with Crippen LogP contribution in [0.2, 0.25) is 0 Å². The maximum Gasteiger partial charge on any atom is 0.279 e. The van der Waals surface area contributed by atoms with E-state index >= 15 is 0 Å². The monoisotopic (exact) mass is 394 g/mol. The average Bonchev–Trinajstić information content (AvgIpc) is 3.38. The van der Waals surface area contributed by atoms with Crippen molar-refractivity contribution >= 4 is 34.1 Å². The smallest absolute Gasteiger partial charge is 0.279 e. The Morgan fingerprint density at radius 1 is 1.04 bits per heavy atom. The van der Waals surface area contributed by atoms with Crippen LogP contribution in [0.3, 0.4) is 0 Å². The summed E-state index contributed by atoms with van der Waals surface area (Å²) in [4.78, 5) is 12.3. The molecule has 0 atom stereocenters. The molecule has 4 aromatic rings. The zero-order valence-electron chi connectivity index (χ0n) is 14.0. The van der Waals surface area contributed by atoms with Crippen molar-refractivity contribution in [3.8, 4) is 11.3 Å². The number of carbonyl (C=O) groups excluding carboxylic acids is 1. The van der Waals surface area contributed by atoms with Crippen LogP contribution in [-0.4, -0.2) is 21.3 Å². The van der Waals surface area contributed by atoms with Gasteiger partial charge in [-0.15, -0.1) is 10.2 Å². The van der Waals surface area contributed by atoms with Crippen LogP contribution in [0.15, 0.2) is 75.6 Å². The van der Waals surface area contributed by atoms with Crippen molar-refractivity contribution in [1.82, 2.24) is 15.4 Å². The van der Waals surface area contributed by atoms with E-state index in [9.17, 15) is 4.79 Å². The number of nitrogens with one attached hydrogen (secondary N) is 1. The fraction of sp³-hybridized carbons (Fsp3) is 0.0526. The topological polar surface area (TPSA) is 80.9 Å². The number of thioether (sulfide) groups is 1. The molecular formula is C19H14N4O2S2. The second-order valence-electron chi connectivity index (χ2n) is 5.54. The summed E-state index contributed by atoms with van der Waals surface area (Å²) in [6, 6.07) is 21.2. The molecule has 0 radical (unpaired) electrons. The van der Waals surface area contributed by atoms with Gasteiger partial charge in [0.2, 0.25) is 5.13 Å². The molecule has 4 rings (SSSR count). The van der Waals surface area contributed by atoms with Crippen LogP contribution in [-0.2, 0) is 5.75 Å². The predicted molar refractivity (Wildman–Crippen MR) is 106 cm³/mol. The summed E-state index contributed by atoms with van der Waals surface area (Å²) in [6.45, 7) is 0. The molecule has 0 bridgehead atoms. The van der Waals surface area contributed by atoms with E-state index in [1.807, 2.05) is 48.5 Å². The molecular weight excluding hydrogens is 380 g/mol. The summed E-state index contributed by atoms with van der Waals surface area (Å²) in [5.74, 6) is 0.960. The SMILES string of the molecule is O=C(Nc1nnc(SCc2ccccc2)s1)c1cc(-c2ccccc2)on1. The van der Waals surface area contributed by atoms with Gasteiger partial charge in [0.15, 0.2) is 15.8 Å². The number of hydrogen-bond donors (Lipinski definition) is 1. The average molecular weight is 394 g/mol. The second-order valence-corrected chi connectivity index (χ2v) is 7.74. The van der Waals surface area contributed by atoms with Crippen molar-refractivity contribution < 1.29 is 9.32 Å². The Balaban J connectivity index is 1.37. The number of carbonyl (C=O) groups is 1. The Labute approximate surface area is 163 Å². The van der Waals surface area contributed by atoms with Crippen molar-refractivity contribution in [3.63, 3.8) is 0 Å². The highest BCUT2D eigenvalue weighted by atomic mass is 32.2. The van der Waals surface area contributed by atoms with Gasteiger partial charge in [-0.1, -0.05) is 88.9 Å². The fourth-order valence-electron chi connectivity index (χ4n) is 2.32. The first-order chi connectivity index (χ1) is 13.3. The van der Waals surface area contributed by atoms with Gasteiger partial charge in [0.25, 0.3) is 5.91 Å². The number of amides is 1. The fourth-order valence-corrected chi connectivity index (χ4v) is 4.02. The number of anilines is 1. The van der Waals surface area contributed by atoms with Gasteiger partial charge in [-0.2, -0.15) is 0 Å². The predicted octanol–water partition coefficient (Wildman–Crippen LogP) is 4.74. The van der Waals surface area contributed by atoms with Crippen molar-refractivity contribution in [2.24, 2.45) is 0 Å². The van der Waals surface area contributed by atoms with Gasteiger partial charge in [-0.3, -0.25) is 10.1 Å². The van der Waals surface area contributed by atoms with Crippen LogP contribution in [0.4, 0.5) is 5.13 Å². The number of aromatic nitrogens is 3. The molecule has 0 fully saturated rings. The molecule has 6 nitrogen and oxygen atoms in total. The Morgan fingerprint density at radius 2 is 1.78 bits per heavy atom. The normalized spacial score (nSPS) is 10.7. The maximum absolute atomic E-state index is 12.3. The van der Waals surface area contributed by atoms with Gasteiger partial charge in [0.05, 0.1) is 0 Å². The van der Waals surface area contributed by atoms with Gasteiger partial charge in [-0.25, -0.2) is 0 Å². The molecule has 27 heavy (non-hydrogen) atoms. The Hall–Kier alpha value is -2.97. The van der Waals surface area contributed by atoms with Crippen LogP contribution in [0.5, 0.6) is 0 Å². The van der Waals surface area contributed by atoms with Gasteiger partial charge < -0.3 is 4.52 Å². The Morgan fingerprint density at radius 3 is 2.56 bits per heavy atom. The molecule has 1 N–H and O–H groups in total. The molecule has 0 saturated heterocycles. The molecule has 0 saturated carbocycles. The largest absolute Gasteiger partial charge is 0.355 e. The highest BCUT2D eigenvalue weighted by Gasteiger charge is 2.16. The minimum Gasteiger partial charge on any atom is -0.355 e. The summed E-state index contributed by atoms with van der Waals surface area (Å²) in [6.07, 6.45) is 0. The van der Waals surface area contributed by atoms with E-state index in [0.717, 1.165) is 15.7 Å². The Bertz CT molecular complexity index is 1030. The van der Waals surface area contributed by atoms with E-state index in [-0.39, 0.29) is 11.6 Å². The minimum absolute atomic E-state index is 0.197. The van der Waals surface area contributed by atoms with Gasteiger partial charge >= 0.3 is 0 Å². The van der Waals surface area contributed by atoms with E-state index in [2.05, 4.69) is 32.8 Å². The van der Waals surface area contributed by atoms with Gasteiger partial charge in [0.1, 0.15) is 0 Å². The third kappa shape index (κ3) is 4.42. The first kappa shape index (κ1) is 17.4. The molecule has 0 unspecified atom stereocenters. The summed E-state index contributed by atoms with van der Waals surface area (Å²) in [7, 11) is 0. The summed E-state index contributed by atoms with van der Waals surface area (Å²) >= 11 is 2.91. The maximum atomic E-state index is 12.3. The van der Waals surface area contributed by atoms with Crippen molar-refractivity contribution in [2.45, 2.75) is 10.1 Å². The number of rotatable bonds is 6. The van der Waals surface area contributed by atoms with Crippen LogP contribution < -0.4 is 5.32 Å². The van der Waals surface area contributed by atoms with E-state index < -0.39 is 0 Å². The van der Waals surface area contributed by atoms with Gasteiger partial charge in [-0.05, 0) is 5.56 Å². The highest BCUT2D eigenvalue weighted by Crippen LogP contribution is 2.28. The first-order valence-corrected chi connectivity index (χ1v) is 9.92. The van der Waals surface area contributed by atoms with E-state index in [0.29, 0.717) is 10.9 Å². The van der Waals surface area contributed by atoms with Gasteiger partial charge in [0, 0.05) is 17.4 Å². The molecule has 0 aliphatic carbocycles. The molecule has 2 aromatic carbocycles. The molecule has 8 heteroatoms. The van der Waals surface area contributed by atoms with E-state index in [1.54, 1.807) is 17.8 Å². The number of benzene rings is 2. The number of hydrogen-bond acceptors (Lipinski definition) is 7. The first-order valence-electron chi connectivity index (χ1n) is 8.11. The lowest BCUT2D eigenvalue weighted by molar-refractivity contribution is 0.101. The van der Waals surface area contributed by atoms with Crippen LogP contribution >= 0.6 is 23.1 Å². The lowest BCUT2D eigenvalue weighted by Gasteiger charge is -1.97. The zero-order valence-corrected chi connectivity index (χ0v) is 15.7. The molecule has 0 spiro atoms.